The number of pyridine rings is 1. The summed E-state index contributed by atoms with van der Waals surface area (Å²) in [6.07, 6.45) is 2.07. The van der Waals surface area contributed by atoms with Gasteiger partial charge in [0.1, 0.15) is 22.5 Å². The fourth-order valence-electron chi connectivity index (χ4n) is 3.21. The number of nitrogens with one attached hydrogen (secondary N) is 1. The van der Waals surface area contributed by atoms with Crippen molar-refractivity contribution >= 4 is 17.4 Å². The number of benzene rings is 1. The van der Waals surface area contributed by atoms with E-state index in [4.69, 9.17) is 30.5 Å². The molecular formula is C21H27ClN2O4. The highest BCUT2D eigenvalue weighted by Crippen LogP contribution is 2.28. The summed E-state index contributed by atoms with van der Waals surface area (Å²) in [7, 11) is 3.28. The van der Waals surface area contributed by atoms with Crippen molar-refractivity contribution in [2.24, 2.45) is 0 Å². The Morgan fingerprint density at radius 2 is 1.96 bits per heavy atom. The van der Waals surface area contributed by atoms with Gasteiger partial charge < -0.3 is 24.3 Å². The Hall–Kier alpha value is -2.02. The van der Waals surface area contributed by atoms with E-state index < -0.39 is 0 Å². The molecule has 0 atom stereocenters. The van der Waals surface area contributed by atoms with E-state index in [9.17, 15) is 0 Å². The van der Waals surface area contributed by atoms with E-state index in [2.05, 4.69) is 10.3 Å². The number of hydrogen-bond donors (Lipinski definition) is 1. The summed E-state index contributed by atoms with van der Waals surface area (Å²) >= 11 is 6.20. The third-order valence-corrected chi connectivity index (χ3v) is 5.08. The molecule has 0 aliphatic carbocycles. The molecule has 3 rings (SSSR count). The number of aromatic nitrogens is 1. The molecule has 1 aliphatic heterocycles. The first-order valence-corrected chi connectivity index (χ1v) is 9.78. The Morgan fingerprint density at radius 3 is 2.68 bits per heavy atom. The van der Waals surface area contributed by atoms with E-state index >= 15 is 0 Å². The number of nitrogens with zero attached hydrogens (tertiary/aromatic N) is 1. The molecule has 2 aromatic rings. The van der Waals surface area contributed by atoms with Crippen LogP contribution in [0, 0.1) is 6.92 Å². The molecule has 1 fully saturated rings. The fraction of sp³-hybridized carbons (Fsp3) is 0.476. The zero-order valence-electron chi connectivity index (χ0n) is 16.6. The van der Waals surface area contributed by atoms with Crippen molar-refractivity contribution in [2.75, 3.05) is 32.8 Å². The van der Waals surface area contributed by atoms with Gasteiger partial charge in [-0.3, -0.25) is 0 Å². The number of halogens is 1. The molecule has 6 nitrogen and oxygen atoms in total. The lowest BCUT2D eigenvalue weighted by atomic mass is 10.1. The number of rotatable bonds is 8. The van der Waals surface area contributed by atoms with Crippen LogP contribution in [0.15, 0.2) is 24.3 Å². The van der Waals surface area contributed by atoms with E-state index in [0.717, 1.165) is 60.1 Å². The first-order chi connectivity index (χ1) is 13.6. The highest BCUT2D eigenvalue weighted by Gasteiger charge is 2.17. The standard InChI is InChI=1S/C21H27ClN2O4/c1-14-10-20(22)24-21(18(14)13-28-16-6-8-27-9-7-16)23-12-15-4-5-17(25-2)11-19(15)26-3/h4-5,10-11,16H,6-9,12-13H2,1-3H3,(H,23,24). The SMILES string of the molecule is COc1ccc(CNc2nc(Cl)cc(C)c2COC2CCOCC2)c(OC)c1. The van der Waals surface area contributed by atoms with Crippen molar-refractivity contribution in [1.82, 2.24) is 4.98 Å². The van der Waals surface area contributed by atoms with E-state index in [1.807, 2.05) is 31.2 Å². The second-order valence-corrected chi connectivity index (χ2v) is 7.13. The zero-order chi connectivity index (χ0) is 19.9. The number of ether oxygens (including phenoxy) is 4. The molecule has 0 radical (unpaired) electrons. The van der Waals surface area contributed by atoms with Crippen LogP contribution < -0.4 is 14.8 Å². The van der Waals surface area contributed by atoms with Crippen molar-refractivity contribution in [3.63, 3.8) is 0 Å². The summed E-state index contributed by atoms with van der Waals surface area (Å²) in [5.41, 5.74) is 3.07. The van der Waals surface area contributed by atoms with Gasteiger partial charge in [0.2, 0.25) is 0 Å². The molecule has 0 spiro atoms. The fourth-order valence-corrected chi connectivity index (χ4v) is 3.46. The number of aryl methyl sites for hydroxylation is 1. The van der Waals surface area contributed by atoms with Crippen molar-refractivity contribution in [3.8, 4) is 11.5 Å². The smallest absolute Gasteiger partial charge is 0.133 e. The third-order valence-electron chi connectivity index (χ3n) is 4.89. The molecule has 152 valence electrons. The number of anilines is 1. The Balaban J connectivity index is 1.73. The third kappa shape index (κ3) is 5.28. The maximum Gasteiger partial charge on any atom is 0.133 e. The maximum absolute atomic E-state index is 6.20. The van der Waals surface area contributed by atoms with Gasteiger partial charge in [-0.2, -0.15) is 0 Å². The molecule has 1 saturated heterocycles. The van der Waals surface area contributed by atoms with Gasteiger partial charge in [0.05, 0.1) is 26.9 Å². The molecule has 0 unspecified atom stereocenters. The average Bonchev–Trinajstić information content (AvgIpc) is 2.72. The van der Waals surface area contributed by atoms with E-state index in [1.54, 1.807) is 14.2 Å². The number of hydrogen-bond acceptors (Lipinski definition) is 6. The molecule has 7 heteroatoms. The molecule has 0 saturated carbocycles. The molecule has 1 N–H and O–H groups in total. The highest BCUT2D eigenvalue weighted by atomic mass is 35.5. The van der Waals surface area contributed by atoms with Crippen molar-refractivity contribution in [2.45, 2.75) is 39.0 Å². The summed E-state index contributed by atoms with van der Waals surface area (Å²) in [6, 6.07) is 7.61. The van der Waals surface area contributed by atoms with Gasteiger partial charge in [-0.05, 0) is 43.5 Å². The van der Waals surface area contributed by atoms with E-state index in [-0.39, 0.29) is 6.10 Å². The van der Waals surface area contributed by atoms with Crippen molar-refractivity contribution in [3.05, 3.63) is 46.1 Å². The van der Waals surface area contributed by atoms with Crippen LogP contribution in [0.1, 0.15) is 29.5 Å². The predicted octanol–water partition coefficient (Wildman–Crippen LogP) is 4.37. The lowest BCUT2D eigenvalue weighted by Gasteiger charge is -2.23. The summed E-state index contributed by atoms with van der Waals surface area (Å²) in [4.78, 5) is 4.49. The van der Waals surface area contributed by atoms with Crippen molar-refractivity contribution in [1.29, 1.82) is 0 Å². The Morgan fingerprint density at radius 1 is 1.18 bits per heavy atom. The minimum atomic E-state index is 0.221. The Labute approximate surface area is 171 Å². The van der Waals surface area contributed by atoms with E-state index in [1.165, 1.54) is 0 Å². The monoisotopic (exact) mass is 406 g/mol. The summed E-state index contributed by atoms with van der Waals surface area (Å²) in [6.45, 7) is 4.57. The van der Waals surface area contributed by atoms with Crippen LogP contribution >= 0.6 is 11.6 Å². The quantitative estimate of drug-likeness (QED) is 0.657. The normalized spacial score (nSPS) is 14.7. The molecule has 1 aromatic carbocycles. The lowest BCUT2D eigenvalue weighted by Crippen LogP contribution is -2.23. The average molecular weight is 407 g/mol. The van der Waals surface area contributed by atoms with Gasteiger partial charge in [-0.25, -0.2) is 4.98 Å². The zero-order valence-corrected chi connectivity index (χ0v) is 17.3. The lowest BCUT2D eigenvalue weighted by molar-refractivity contribution is -0.0390. The molecule has 2 heterocycles. The summed E-state index contributed by atoms with van der Waals surface area (Å²) in [5, 5.41) is 3.85. The molecule has 1 aromatic heterocycles. The molecule has 28 heavy (non-hydrogen) atoms. The Kier molecular flexibility index (Phi) is 7.36. The summed E-state index contributed by atoms with van der Waals surface area (Å²) < 4.78 is 22.2. The van der Waals surface area contributed by atoms with Gasteiger partial charge >= 0.3 is 0 Å². The number of methoxy groups -OCH3 is 2. The van der Waals surface area contributed by atoms with E-state index in [0.29, 0.717) is 18.3 Å². The van der Waals surface area contributed by atoms with Gasteiger partial charge in [0, 0.05) is 37.0 Å². The van der Waals surface area contributed by atoms with Gasteiger partial charge in [-0.15, -0.1) is 0 Å². The van der Waals surface area contributed by atoms with Crippen LogP contribution in [-0.4, -0.2) is 38.5 Å². The first kappa shape index (κ1) is 20.7. The second kappa shape index (κ2) is 9.96. The largest absolute Gasteiger partial charge is 0.497 e. The second-order valence-electron chi connectivity index (χ2n) is 6.74. The minimum Gasteiger partial charge on any atom is -0.497 e. The summed E-state index contributed by atoms with van der Waals surface area (Å²) in [5.74, 6) is 2.24. The molecule has 0 bridgehead atoms. The predicted molar refractivity (Wildman–Crippen MR) is 109 cm³/mol. The highest BCUT2D eigenvalue weighted by molar-refractivity contribution is 6.29. The van der Waals surface area contributed by atoms with Crippen LogP contribution in [0.4, 0.5) is 5.82 Å². The van der Waals surface area contributed by atoms with Crippen LogP contribution in [0.5, 0.6) is 11.5 Å². The first-order valence-electron chi connectivity index (χ1n) is 9.41. The maximum atomic E-state index is 6.20. The van der Waals surface area contributed by atoms with Crippen LogP contribution in [-0.2, 0) is 22.6 Å². The van der Waals surface area contributed by atoms with Crippen LogP contribution in [0.3, 0.4) is 0 Å². The van der Waals surface area contributed by atoms with Gasteiger partial charge in [0.15, 0.2) is 0 Å². The Bertz CT molecular complexity index is 794. The molecular weight excluding hydrogens is 380 g/mol. The molecule has 1 aliphatic rings. The van der Waals surface area contributed by atoms with Crippen LogP contribution in [0.25, 0.3) is 0 Å². The van der Waals surface area contributed by atoms with Crippen LogP contribution in [0.2, 0.25) is 5.15 Å². The van der Waals surface area contributed by atoms with Gasteiger partial charge in [0.25, 0.3) is 0 Å². The van der Waals surface area contributed by atoms with Crippen molar-refractivity contribution < 1.29 is 18.9 Å². The molecule has 0 amide bonds. The topological polar surface area (TPSA) is 61.8 Å². The van der Waals surface area contributed by atoms with Gasteiger partial charge in [-0.1, -0.05) is 11.6 Å². The minimum absolute atomic E-state index is 0.221.